The number of urea groups is 1. The molecular formula is C15H20N2O4. The molecule has 2 atom stereocenters. The number of para-hydroxylation sites is 1. The number of hydrogen-bond acceptors (Lipinski definition) is 3. The van der Waals surface area contributed by atoms with Gasteiger partial charge in [-0.2, -0.15) is 0 Å². The van der Waals surface area contributed by atoms with Crippen LogP contribution in [0.25, 0.3) is 0 Å². The van der Waals surface area contributed by atoms with Gasteiger partial charge in [0.25, 0.3) is 0 Å². The van der Waals surface area contributed by atoms with E-state index in [0.717, 1.165) is 0 Å². The van der Waals surface area contributed by atoms with Crippen molar-refractivity contribution in [1.82, 2.24) is 4.90 Å². The molecule has 2 amide bonds. The number of carbonyl (C=O) groups is 2. The summed E-state index contributed by atoms with van der Waals surface area (Å²) in [4.78, 5) is 24.7. The molecule has 0 bridgehead atoms. The minimum Gasteiger partial charge on any atom is -0.481 e. The number of likely N-dealkylation sites (tertiary alicyclic amines) is 1. The van der Waals surface area contributed by atoms with Crippen LogP contribution in [0.2, 0.25) is 0 Å². The van der Waals surface area contributed by atoms with Gasteiger partial charge in [0.2, 0.25) is 0 Å². The molecule has 0 aliphatic carbocycles. The molecular weight excluding hydrogens is 272 g/mol. The van der Waals surface area contributed by atoms with Crippen molar-refractivity contribution in [3.8, 4) is 0 Å². The second-order valence-corrected chi connectivity index (χ2v) is 5.44. The normalized spacial score (nSPS) is 21.9. The molecule has 0 saturated carbocycles. The molecule has 114 valence electrons. The molecule has 1 fully saturated rings. The molecule has 1 aromatic carbocycles. The van der Waals surface area contributed by atoms with E-state index < -0.39 is 5.97 Å². The first kappa shape index (κ1) is 15.3. The van der Waals surface area contributed by atoms with E-state index in [2.05, 4.69) is 5.32 Å². The second-order valence-electron chi connectivity index (χ2n) is 5.44. The molecule has 1 aromatic rings. The predicted octanol–water partition coefficient (Wildman–Crippen LogP) is 1.55. The largest absolute Gasteiger partial charge is 0.481 e. The maximum atomic E-state index is 12.2. The fourth-order valence-corrected chi connectivity index (χ4v) is 2.47. The molecule has 0 spiro atoms. The Morgan fingerprint density at radius 2 is 2.10 bits per heavy atom. The van der Waals surface area contributed by atoms with Crippen molar-refractivity contribution in [1.29, 1.82) is 0 Å². The quantitative estimate of drug-likeness (QED) is 0.788. The smallest absolute Gasteiger partial charge is 0.321 e. The zero-order valence-electron chi connectivity index (χ0n) is 12.0. The Kier molecular flexibility index (Phi) is 4.80. The summed E-state index contributed by atoms with van der Waals surface area (Å²) in [7, 11) is 0. The first-order valence-corrected chi connectivity index (χ1v) is 7.01. The zero-order chi connectivity index (χ0) is 15.4. The third-order valence-electron chi connectivity index (χ3n) is 3.75. The average Bonchev–Trinajstić information content (AvgIpc) is 2.43. The van der Waals surface area contributed by atoms with E-state index in [4.69, 9.17) is 5.11 Å². The highest BCUT2D eigenvalue weighted by Crippen LogP contribution is 2.20. The standard InChI is InChI=1S/C15H20N2O4/c1-10-9-17(7-6-13(10)18)15(21)16-12-5-3-2-4-11(12)8-14(19)20/h2-5,10,13,18H,6-9H2,1H3,(H,16,21)(H,19,20). The van der Waals surface area contributed by atoms with E-state index in [9.17, 15) is 14.7 Å². The Hall–Kier alpha value is -2.08. The van der Waals surface area contributed by atoms with Crippen LogP contribution in [0.4, 0.5) is 10.5 Å². The minimum absolute atomic E-state index is 0.0405. The van der Waals surface area contributed by atoms with E-state index >= 15 is 0 Å². The number of carbonyl (C=O) groups excluding carboxylic acids is 1. The van der Waals surface area contributed by atoms with Crippen molar-refractivity contribution >= 4 is 17.7 Å². The third kappa shape index (κ3) is 3.95. The summed E-state index contributed by atoms with van der Waals surface area (Å²) in [5, 5.41) is 21.3. The fraction of sp³-hybridized carbons (Fsp3) is 0.467. The number of nitrogens with zero attached hydrogens (tertiary/aromatic N) is 1. The highest BCUT2D eigenvalue weighted by Gasteiger charge is 2.27. The van der Waals surface area contributed by atoms with Crippen LogP contribution in [-0.4, -0.2) is 46.3 Å². The van der Waals surface area contributed by atoms with Gasteiger partial charge in [0.05, 0.1) is 12.5 Å². The summed E-state index contributed by atoms with van der Waals surface area (Å²) in [5.74, 6) is -0.898. The molecule has 0 radical (unpaired) electrons. The van der Waals surface area contributed by atoms with Crippen LogP contribution < -0.4 is 5.32 Å². The molecule has 6 nitrogen and oxygen atoms in total. The fourth-order valence-electron chi connectivity index (χ4n) is 2.47. The maximum Gasteiger partial charge on any atom is 0.321 e. The summed E-state index contributed by atoms with van der Waals surface area (Å²) < 4.78 is 0. The number of carboxylic acid groups (broad SMARTS) is 1. The van der Waals surface area contributed by atoms with E-state index in [1.54, 1.807) is 29.2 Å². The lowest BCUT2D eigenvalue weighted by atomic mass is 9.97. The Balaban J connectivity index is 2.04. The summed E-state index contributed by atoms with van der Waals surface area (Å²) >= 11 is 0. The highest BCUT2D eigenvalue weighted by molar-refractivity contribution is 5.91. The minimum atomic E-state index is -0.939. The van der Waals surface area contributed by atoms with E-state index in [1.807, 2.05) is 6.92 Å². The van der Waals surface area contributed by atoms with Crippen molar-refractivity contribution in [2.75, 3.05) is 18.4 Å². The first-order valence-electron chi connectivity index (χ1n) is 7.01. The van der Waals surface area contributed by atoms with Crippen LogP contribution in [0.5, 0.6) is 0 Å². The van der Waals surface area contributed by atoms with Crippen LogP contribution in [0.15, 0.2) is 24.3 Å². The summed E-state index contributed by atoms with van der Waals surface area (Å²) in [5.41, 5.74) is 1.09. The molecule has 1 heterocycles. The van der Waals surface area contributed by atoms with Crippen molar-refractivity contribution in [3.05, 3.63) is 29.8 Å². The van der Waals surface area contributed by atoms with Gasteiger partial charge in [-0.3, -0.25) is 4.79 Å². The number of rotatable bonds is 3. The molecule has 1 saturated heterocycles. The Morgan fingerprint density at radius 3 is 2.76 bits per heavy atom. The monoisotopic (exact) mass is 292 g/mol. The number of hydrogen-bond donors (Lipinski definition) is 3. The van der Waals surface area contributed by atoms with Gasteiger partial charge in [0, 0.05) is 18.8 Å². The Labute approximate surface area is 123 Å². The molecule has 2 unspecified atom stereocenters. The van der Waals surface area contributed by atoms with Gasteiger partial charge in [0.1, 0.15) is 0 Å². The highest BCUT2D eigenvalue weighted by atomic mass is 16.4. The van der Waals surface area contributed by atoms with Crippen LogP contribution in [-0.2, 0) is 11.2 Å². The van der Waals surface area contributed by atoms with E-state index in [0.29, 0.717) is 30.8 Å². The number of carboxylic acids is 1. The van der Waals surface area contributed by atoms with E-state index in [-0.39, 0.29) is 24.5 Å². The maximum absolute atomic E-state index is 12.2. The number of nitrogens with one attached hydrogen (secondary N) is 1. The predicted molar refractivity (Wildman–Crippen MR) is 78.2 cm³/mol. The van der Waals surface area contributed by atoms with Crippen molar-refractivity contribution < 1.29 is 19.8 Å². The van der Waals surface area contributed by atoms with Gasteiger partial charge < -0.3 is 20.4 Å². The number of aliphatic hydroxyl groups excluding tert-OH is 1. The van der Waals surface area contributed by atoms with Gasteiger partial charge in [-0.25, -0.2) is 4.79 Å². The molecule has 3 N–H and O–H groups in total. The number of piperidine rings is 1. The second kappa shape index (κ2) is 6.58. The molecule has 1 aliphatic heterocycles. The first-order chi connectivity index (χ1) is 9.97. The summed E-state index contributed by atoms with van der Waals surface area (Å²) in [6, 6.07) is 6.62. The van der Waals surface area contributed by atoms with Crippen LogP contribution in [0.1, 0.15) is 18.9 Å². The van der Waals surface area contributed by atoms with Gasteiger partial charge in [-0.15, -0.1) is 0 Å². The van der Waals surface area contributed by atoms with Crippen molar-refractivity contribution in [2.45, 2.75) is 25.9 Å². The molecule has 1 aliphatic rings. The molecule has 2 rings (SSSR count). The number of aliphatic hydroxyl groups is 1. The van der Waals surface area contributed by atoms with Gasteiger partial charge in [-0.05, 0) is 24.0 Å². The van der Waals surface area contributed by atoms with Crippen LogP contribution in [0.3, 0.4) is 0 Å². The third-order valence-corrected chi connectivity index (χ3v) is 3.75. The molecule has 0 aromatic heterocycles. The zero-order valence-corrected chi connectivity index (χ0v) is 12.0. The average molecular weight is 292 g/mol. The number of aliphatic carboxylic acids is 1. The van der Waals surface area contributed by atoms with Crippen molar-refractivity contribution in [3.63, 3.8) is 0 Å². The van der Waals surface area contributed by atoms with E-state index in [1.165, 1.54) is 0 Å². The summed E-state index contributed by atoms with van der Waals surface area (Å²) in [6.45, 7) is 2.90. The Morgan fingerprint density at radius 1 is 1.38 bits per heavy atom. The molecule has 21 heavy (non-hydrogen) atoms. The van der Waals surface area contributed by atoms with Crippen molar-refractivity contribution in [2.24, 2.45) is 5.92 Å². The number of benzene rings is 1. The van der Waals surface area contributed by atoms with Crippen LogP contribution in [0, 0.1) is 5.92 Å². The number of amides is 2. The summed E-state index contributed by atoms with van der Waals surface area (Å²) in [6.07, 6.45) is 0.0602. The lowest BCUT2D eigenvalue weighted by Crippen LogP contribution is -2.46. The number of anilines is 1. The lowest BCUT2D eigenvalue weighted by Gasteiger charge is -2.34. The lowest BCUT2D eigenvalue weighted by molar-refractivity contribution is -0.136. The van der Waals surface area contributed by atoms with Gasteiger partial charge in [0.15, 0.2) is 0 Å². The van der Waals surface area contributed by atoms with Gasteiger partial charge in [-0.1, -0.05) is 25.1 Å². The van der Waals surface area contributed by atoms with Gasteiger partial charge >= 0.3 is 12.0 Å². The molecule has 6 heteroatoms. The SMILES string of the molecule is CC1CN(C(=O)Nc2ccccc2CC(=O)O)CCC1O. The van der Waals surface area contributed by atoms with Crippen LogP contribution >= 0.6 is 0 Å². The topological polar surface area (TPSA) is 89.9 Å². The Bertz CT molecular complexity index is 532.